The Morgan fingerprint density at radius 2 is 1.72 bits per heavy atom. The van der Waals surface area contributed by atoms with E-state index in [9.17, 15) is 0 Å². The molecule has 18 heavy (non-hydrogen) atoms. The number of nitrogens with two attached hydrogens (primary N) is 1. The van der Waals surface area contributed by atoms with E-state index in [1.54, 1.807) is 33.5 Å². The summed E-state index contributed by atoms with van der Waals surface area (Å²) < 4.78 is 15.6. The summed E-state index contributed by atoms with van der Waals surface area (Å²) in [6, 6.07) is 3.45. The van der Waals surface area contributed by atoms with Gasteiger partial charge in [-0.25, -0.2) is 0 Å². The highest BCUT2D eigenvalue weighted by Crippen LogP contribution is 2.33. The largest absolute Gasteiger partial charge is 0.496 e. The number of methoxy groups -OCH3 is 3. The van der Waals surface area contributed by atoms with Gasteiger partial charge in [0.15, 0.2) is 16.6 Å². The van der Waals surface area contributed by atoms with Gasteiger partial charge in [-0.05, 0) is 18.3 Å². The van der Waals surface area contributed by atoms with Crippen molar-refractivity contribution in [2.24, 2.45) is 10.8 Å². The third kappa shape index (κ3) is 3.49. The summed E-state index contributed by atoms with van der Waals surface area (Å²) in [5, 5.41) is 3.95. The Morgan fingerprint density at radius 3 is 2.22 bits per heavy atom. The molecule has 0 saturated carbocycles. The Hall–Kier alpha value is -2.02. The molecule has 0 saturated heterocycles. The van der Waals surface area contributed by atoms with Crippen LogP contribution < -0.4 is 25.4 Å². The highest BCUT2D eigenvalue weighted by molar-refractivity contribution is 7.80. The van der Waals surface area contributed by atoms with Crippen LogP contribution in [0.15, 0.2) is 17.2 Å². The van der Waals surface area contributed by atoms with Crippen LogP contribution in [0.3, 0.4) is 0 Å². The van der Waals surface area contributed by atoms with Crippen LogP contribution >= 0.6 is 12.2 Å². The first-order valence-electron chi connectivity index (χ1n) is 5.01. The minimum Gasteiger partial charge on any atom is -0.496 e. The van der Waals surface area contributed by atoms with E-state index in [1.807, 2.05) is 0 Å². The number of thiocarbonyl (C=S) groups is 1. The third-order valence-corrected chi connectivity index (χ3v) is 2.21. The molecule has 0 aliphatic rings. The zero-order chi connectivity index (χ0) is 13.5. The predicted molar refractivity (Wildman–Crippen MR) is 73.6 cm³/mol. The Morgan fingerprint density at radius 1 is 1.17 bits per heavy atom. The average molecular weight is 269 g/mol. The summed E-state index contributed by atoms with van der Waals surface area (Å²) in [4.78, 5) is 0. The molecular weight excluding hydrogens is 254 g/mol. The van der Waals surface area contributed by atoms with Gasteiger partial charge in [0.05, 0.1) is 27.5 Å². The smallest absolute Gasteiger partial charge is 0.184 e. The minimum absolute atomic E-state index is 0.0886. The molecule has 0 fully saturated rings. The van der Waals surface area contributed by atoms with Crippen LogP contribution in [0.5, 0.6) is 17.2 Å². The summed E-state index contributed by atoms with van der Waals surface area (Å²) in [7, 11) is 4.66. The molecule has 98 valence electrons. The zero-order valence-corrected chi connectivity index (χ0v) is 11.2. The average Bonchev–Trinajstić information content (AvgIpc) is 2.37. The monoisotopic (exact) mass is 269 g/mol. The first-order chi connectivity index (χ1) is 8.62. The van der Waals surface area contributed by atoms with Crippen molar-refractivity contribution in [2.75, 3.05) is 21.3 Å². The fraction of sp³-hybridized carbons (Fsp3) is 0.273. The van der Waals surface area contributed by atoms with Crippen molar-refractivity contribution in [1.29, 1.82) is 0 Å². The molecule has 0 radical (unpaired) electrons. The van der Waals surface area contributed by atoms with Crippen LogP contribution in [0.2, 0.25) is 0 Å². The lowest BCUT2D eigenvalue weighted by atomic mass is 10.2. The van der Waals surface area contributed by atoms with Crippen LogP contribution in [-0.4, -0.2) is 32.7 Å². The molecule has 0 heterocycles. The molecule has 1 rings (SSSR count). The summed E-state index contributed by atoms with van der Waals surface area (Å²) in [6.45, 7) is 0. The van der Waals surface area contributed by atoms with Gasteiger partial charge in [-0.3, -0.25) is 5.43 Å². The van der Waals surface area contributed by atoms with Gasteiger partial charge in [-0.2, -0.15) is 5.10 Å². The van der Waals surface area contributed by atoms with E-state index in [0.717, 1.165) is 0 Å². The van der Waals surface area contributed by atoms with Crippen molar-refractivity contribution in [3.05, 3.63) is 17.7 Å². The molecule has 0 atom stereocenters. The SMILES string of the molecule is COc1cc(OC)c(OC)cc1/C=N\NC(N)=S. The molecule has 1 aromatic carbocycles. The number of benzene rings is 1. The zero-order valence-electron chi connectivity index (χ0n) is 10.4. The number of nitrogens with one attached hydrogen (secondary N) is 1. The van der Waals surface area contributed by atoms with Crippen molar-refractivity contribution in [3.8, 4) is 17.2 Å². The molecule has 0 aliphatic heterocycles. The number of ether oxygens (including phenoxy) is 3. The van der Waals surface area contributed by atoms with Crippen molar-refractivity contribution in [3.63, 3.8) is 0 Å². The fourth-order valence-corrected chi connectivity index (χ4v) is 1.37. The molecule has 0 amide bonds. The maximum absolute atomic E-state index is 5.26. The van der Waals surface area contributed by atoms with E-state index in [1.165, 1.54) is 6.21 Å². The minimum atomic E-state index is 0.0886. The maximum atomic E-state index is 5.26. The van der Waals surface area contributed by atoms with Crippen LogP contribution in [-0.2, 0) is 0 Å². The number of hydrogen-bond donors (Lipinski definition) is 2. The van der Waals surface area contributed by atoms with E-state index in [2.05, 4.69) is 22.7 Å². The molecule has 0 aliphatic carbocycles. The van der Waals surface area contributed by atoms with Crippen molar-refractivity contribution < 1.29 is 14.2 Å². The Labute approximate surface area is 111 Å². The Bertz CT molecular complexity index is 463. The Balaban J connectivity index is 3.09. The van der Waals surface area contributed by atoms with Gasteiger partial charge in [0.25, 0.3) is 0 Å². The van der Waals surface area contributed by atoms with E-state index >= 15 is 0 Å². The van der Waals surface area contributed by atoms with Crippen LogP contribution in [0.4, 0.5) is 0 Å². The molecule has 0 spiro atoms. The lowest BCUT2D eigenvalue weighted by Gasteiger charge is -2.11. The number of nitrogens with zero attached hydrogens (tertiary/aromatic N) is 1. The van der Waals surface area contributed by atoms with Crippen molar-refractivity contribution >= 4 is 23.5 Å². The number of hydrazone groups is 1. The standard InChI is InChI=1S/C11H15N3O3S/c1-15-8-5-10(17-3)9(16-2)4-7(8)6-13-14-11(12)18/h4-6H,1-3H3,(H3,12,14,18)/b13-6-. The molecule has 0 bridgehead atoms. The second-order valence-electron chi connectivity index (χ2n) is 3.18. The lowest BCUT2D eigenvalue weighted by Crippen LogP contribution is -2.24. The van der Waals surface area contributed by atoms with E-state index in [0.29, 0.717) is 22.8 Å². The van der Waals surface area contributed by atoms with Gasteiger partial charge in [-0.1, -0.05) is 0 Å². The summed E-state index contributed by atoms with van der Waals surface area (Å²) in [6.07, 6.45) is 1.53. The van der Waals surface area contributed by atoms with Crippen molar-refractivity contribution in [1.82, 2.24) is 5.43 Å². The topological polar surface area (TPSA) is 78.1 Å². The molecule has 6 nitrogen and oxygen atoms in total. The molecule has 1 aromatic rings. The first kappa shape index (κ1) is 14.0. The molecular formula is C11H15N3O3S. The van der Waals surface area contributed by atoms with Crippen LogP contribution in [0, 0.1) is 0 Å². The van der Waals surface area contributed by atoms with Gasteiger partial charge in [-0.15, -0.1) is 0 Å². The maximum Gasteiger partial charge on any atom is 0.184 e. The van der Waals surface area contributed by atoms with Gasteiger partial charge >= 0.3 is 0 Å². The molecule has 7 heteroatoms. The van der Waals surface area contributed by atoms with Crippen molar-refractivity contribution in [2.45, 2.75) is 0 Å². The predicted octanol–water partition coefficient (Wildman–Crippen LogP) is 0.879. The fourth-order valence-electron chi connectivity index (χ4n) is 1.32. The van der Waals surface area contributed by atoms with Gasteiger partial charge in [0.1, 0.15) is 5.75 Å². The second-order valence-corrected chi connectivity index (χ2v) is 3.62. The van der Waals surface area contributed by atoms with Crippen LogP contribution in [0.25, 0.3) is 0 Å². The highest BCUT2D eigenvalue weighted by atomic mass is 32.1. The molecule has 0 aromatic heterocycles. The molecule has 3 N–H and O–H groups in total. The number of rotatable bonds is 5. The quantitative estimate of drug-likeness (QED) is 0.469. The third-order valence-electron chi connectivity index (χ3n) is 2.11. The van der Waals surface area contributed by atoms with Crippen LogP contribution in [0.1, 0.15) is 5.56 Å². The van der Waals surface area contributed by atoms with Gasteiger partial charge in [0, 0.05) is 11.6 Å². The highest BCUT2D eigenvalue weighted by Gasteiger charge is 2.10. The summed E-state index contributed by atoms with van der Waals surface area (Å²) >= 11 is 4.64. The van der Waals surface area contributed by atoms with E-state index in [-0.39, 0.29) is 5.11 Å². The Kier molecular flexibility index (Phi) is 5.19. The summed E-state index contributed by atoms with van der Waals surface area (Å²) in [5.41, 5.74) is 8.43. The summed E-state index contributed by atoms with van der Waals surface area (Å²) in [5.74, 6) is 1.75. The number of hydrogen-bond acceptors (Lipinski definition) is 5. The van der Waals surface area contributed by atoms with E-state index < -0.39 is 0 Å². The van der Waals surface area contributed by atoms with Gasteiger partial charge < -0.3 is 19.9 Å². The second kappa shape index (κ2) is 6.65. The van der Waals surface area contributed by atoms with Gasteiger partial charge in [0.2, 0.25) is 0 Å². The first-order valence-corrected chi connectivity index (χ1v) is 5.41. The molecule has 0 unspecified atom stereocenters. The normalized spacial score (nSPS) is 10.2. The van der Waals surface area contributed by atoms with E-state index in [4.69, 9.17) is 19.9 Å². The lowest BCUT2D eigenvalue weighted by molar-refractivity contribution is 0.349.